The van der Waals surface area contributed by atoms with Crippen LogP contribution < -0.4 is 60.9 Å². The molecule has 0 saturated heterocycles. The van der Waals surface area contributed by atoms with Gasteiger partial charge in [-0.1, -0.05) is 0 Å². The summed E-state index contributed by atoms with van der Waals surface area (Å²) in [7, 11) is -4.86. The van der Waals surface area contributed by atoms with Crippen LogP contribution in [0.4, 0.5) is 5.69 Å². The van der Waals surface area contributed by atoms with Crippen LogP contribution in [0.25, 0.3) is 0 Å². The van der Waals surface area contributed by atoms with Crippen LogP contribution in [-0.4, -0.2) is 18.9 Å². The smallest absolute Gasteiger partial charge is 0.716 e. The molecule has 1 N–H and O–H groups in total. The Morgan fingerprint density at radius 1 is 1.44 bits per heavy atom. The third-order valence-electron chi connectivity index (χ3n) is 1.31. The van der Waals surface area contributed by atoms with Crippen LogP contribution in [0, 0.1) is 0 Å². The van der Waals surface area contributed by atoms with Crippen molar-refractivity contribution in [2.45, 2.75) is 6.85 Å². The van der Waals surface area contributed by atoms with E-state index in [2.05, 4.69) is 9.50 Å². The Bertz CT molecular complexity index is 542. The monoisotopic (exact) mass is 272 g/mol. The largest absolute Gasteiger partial charge is 1.00 e. The average Bonchev–Trinajstić information content (AvgIpc) is 2.17. The number of benzene rings is 1. The first kappa shape index (κ1) is 11.1. The van der Waals surface area contributed by atoms with E-state index in [9.17, 15) is 17.8 Å². The van der Waals surface area contributed by atoms with E-state index in [-0.39, 0.29) is 62.8 Å². The quantitative estimate of drug-likeness (QED) is 0.372. The first-order valence-corrected chi connectivity index (χ1v) is 4.98. The van der Waals surface area contributed by atoms with Crippen LogP contribution in [0.3, 0.4) is 0 Å². The molecule has 8 heteroatoms. The molecule has 0 fully saturated rings. The summed E-state index contributed by atoms with van der Waals surface area (Å²) in [5.74, 6) is -1.41. The molecule has 6 nitrogen and oxygen atoms in total. The van der Waals surface area contributed by atoms with E-state index in [4.69, 9.17) is 4.11 Å². The van der Waals surface area contributed by atoms with E-state index in [1.54, 1.807) is 0 Å². The van der Waals surface area contributed by atoms with Gasteiger partial charge in [0.2, 0.25) is 5.91 Å². The second-order valence-corrected chi connectivity index (χ2v) is 3.45. The molecule has 1 aromatic carbocycles. The number of carbonyl (C=O) groups is 1. The number of hydrogen-bond acceptors (Lipinski definition) is 5. The molecule has 0 bridgehead atoms. The molecule has 0 atom stereocenters. The molecule has 0 radical (unpaired) electrons. The molecule has 0 spiro atoms. The summed E-state index contributed by atoms with van der Waals surface area (Å²) in [4.78, 5) is 11.1. The number of nitrogens with one attached hydrogen (secondary N) is 1. The third-order valence-corrected chi connectivity index (χ3v) is 1.71. The number of carbonyl (C=O) groups excluding carboxylic acids is 1. The first-order chi connectivity index (χ1) is 8.08. The molecular weight excluding hydrogens is 261 g/mol. The van der Waals surface area contributed by atoms with Crippen LogP contribution in [0.2, 0.25) is 0 Å². The maximum Gasteiger partial charge on any atom is 1.00 e. The molecule has 0 aromatic heterocycles. The molecule has 1 aromatic rings. The Kier molecular flexibility index (Phi) is 4.66. The van der Waals surface area contributed by atoms with Gasteiger partial charge in [-0.3, -0.25) is 4.79 Å². The van der Waals surface area contributed by atoms with Gasteiger partial charge in [0.15, 0.2) is 0 Å². The van der Waals surface area contributed by atoms with Gasteiger partial charge >= 0.3 is 51.4 Å². The van der Waals surface area contributed by atoms with Crippen LogP contribution >= 0.6 is 0 Å². The zero-order valence-electron chi connectivity index (χ0n) is 11.3. The number of rotatable bonds is 3. The maximum atomic E-state index is 11.1. The van der Waals surface area contributed by atoms with Gasteiger partial charge in [-0.2, -0.15) is 0 Å². The Morgan fingerprint density at radius 2 is 2.00 bits per heavy atom. The van der Waals surface area contributed by atoms with Crippen molar-refractivity contribution >= 4 is 22.0 Å². The topological polar surface area (TPSA) is 95.5 Å². The van der Waals surface area contributed by atoms with Crippen molar-refractivity contribution in [3.05, 3.63) is 24.3 Å². The van der Waals surface area contributed by atoms with E-state index in [1.165, 1.54) is 12.1 Å². The fourth-order valence-corrected chi connectivity index (χ4v) is 1.19. The minimum absolute atomic E-state index is 0. The Labute approximate surface area is 140 Å². The normalized spacial score (nSPS) is 13.7. The molecule has 1 rings (SSSR count). The van der Waals surface area contributed by atoms with Crippen molar-refractivity contribution in [3.63, 3.8) is 0 Å². The molecule has 0 heterocycles. The summed E-state index contributed by atoms with van der Waals surface area (Å²) < 4.78 is 55.3. The minimum Gasteiger partial charge on any atom is -0.716 e. The molecular formula is C8H8KNO5S. The summed E-state index contributed by atoms with van der Waals surface area (Å²) in [6.45, 7) is -2.78. The summed E-state index contributed by atoms with van der Waals surface area (Å²) in [5.41, 5.74) is 0.131. The predicted molar refractivity (Wildman–Crippen MR) is 51.1 cm³/mol. The van der Waals surface area contributed by atoms with Crippen LogP contribution in [0.1, 0.15) is 11.0 Å². The van der Waals surface area contributed by atoms with E-state index in [0.29, 0.717) is 0 Å². The fraction of sp³-hybridized carbons (Fsp3) is 0.125. The number of hydrogen-bond donors (Lipinski definition) is 1. The molecule has 16 heavy (non-hydrogen) atoms. The van der Waals surface area contributed by atoms with Crippen molar-refractivity contribution in [1.29, 1.82) is 0 Å². The zero-order chi connectivity index (χ0) is 14.0. The van der Waals surface area contributed by atoms with Crippen molar-refractivity contribution < 1.29 is 77.4 Å². The molecule has 0 aliphatic heterocycles. The van der Waals surface area contributed by atoms with Gasteiger partial charge in [-0.05, 0) is 24.3 Å². The Balaban J connectivity index is 0.00000324. The molecule has 82 valence electrons. The summed E-state index contributed by atoms with van der Waals surface area (Å²) in [5, 5.41) is 2.09. The van der Waals surface area contributed by atoms with E-state index in [1.807, 2.05) is 0 Å². The van der Waals surface area contributed by atoms with Gasteiger partial charge in [-0.15, -0.1) is 0 Å². The average molecular weight is 272 g/mol. The van der Waals surface area contributed by atoms with Gasteiger partial charge in [0.25, 0.3) is 10.4 Å². The fourth-order valence-electron chi connectivity index (χ4n) is 0.843. The summed E-state index contributed by atoms with van der Waals surface area (Å²) in [6, 6.07) is 4.60. The van der Waals surface area contributed by atoms with E-state index in [0.717, 1.165) is 12.1 Å². The number of anilines is 1. The van der Waals surface area contributed by atoms with Crippen LogP contribution in [0.5, 0.6) is 5.75 Å². The van der Waals surface area contributed by atoms with Crippen molar-refractivity contribution in [2.75, 3.05) is 5.32 Å². The Hall–Kier alpha value is 0.0364. The standard InChI is InChI=1S/C8H9NO5S.K/c1-6(10)9-7-2-4-8(5-3-7)14-15(11,12)13;/h2-5H,1H3,(H,9,10)(H,11,12,13);/q;+1/p-1/i1D3;. The van der Waals surface area contributed by atoms with Crippen LogP contribution in [-0.2, 0) is 15.2 Å². The number of amides is 1. The third kappa shape index (κ3) is 6.58. The van der Waals surface area contributed by atoms with Gasteiger partial charge < -0.3 is 14.1 Å². The van der Waals surface area contributed by atoms with E-state index >= 15 is 0 Å². The molecule has 0 aliphatic carbocycles. The molecule has 0 unspecified atom stereocenters. The molecule has 1 amide bonds. The Morgan fingerprint density at radius 3 is 2.44 bits per heavy atom. The van der Waals surface area contributed by atoms with Crippen molar-refractivity contribution in [3.8, 4) is 5.75 Å². The van der Waals surface area contributed by atoms with Gasteiger partial charge in [-0.25, -0.2) is 8.42 Å². The minimum atomic E-state index is -4.86. The zero-order valence-corrected chi connectivity index (χ0v) is 12.2. The summed E-state index contributed by atoms with van der Waals surface area (Å²) in [6.07, 6.45) is 0. The van der Waals surface area contributed by atoms with Crippen molar-refractivity contribution in [1.82, 2.24) is 0 Å². The second-order valence-electron chi connectivity index (χ2n) is 2.47. The SMILES string of the molecule is [2H]C([2H])([2H])C(=O)Nc1ccc(OS(=O)(=O)[O-])cc1.[K+]. The maximum absolute atomic E-state index is 11.1. The van der Waals surface area contributed by atoms with Crippen LogP contribution in [0.15, 0.2) is 24.3 Å². The predicted octanol–water partition coefficient (Wildman–Crippen LogP) is -2.51. The van der Waals surface area contributed by atoms with Gasteiger partial charge in [0, 0.05) is 16.7 Å². The van der Waals surface area contributed by atoms with E-state index < -0.39 is 23.2 Å². The van der Waals surface area contributed by atoms with Gasteiger partial charge in [0.05, 0.1) is 0 Å². The first-order valence-electron chi connectivity index (χ1n) is 5.15. The second kappa shape index (κ2) is 6.69. The molecule has 0 aliphatic rings. The van der Waals surface area contributed by atoms with Gasteiger partial charge in [0.1, 0.15) is 5.75 Å². The van der Waals surface area contributed by atoms with Crippen molar-refractivity contribution in [2.24, 2.45) is 0 Å². The molecule has 0 saturated carbocycles. The summed E-state index contributed by atoms with van der Waals surface area (Å²) >= 11 is 0.